The Morgan fingerprint density at radius 2 is 1.96 bits per heavy atom. The van der Waals surface area contributed by atoms with Crippen LogP contribution in [0.3, 0.4) is 0 Å². The summed E-state index contributed by atoms with van der Waals surface area (Å²) in [6, 6.07) is 16.3. The van der Waals surface area contributed by atoms with E-state index in [0.29, 0.717) is 22.9 Å². The fraction of sp³-hybridized carbons (Fsp3) is 0.100. The molecule has 2 N–H and O–H groups in total. The third-order valence-corrected chi connectivity index (χ3v) is 4.30. The third-order valence-electron chi connectivity index (χ3n) is 4.30. The number of amides is 2. The molecule has 7 heteroatoms. The van der Waals surface area contributed by atoms with Gasteiger partial charge in [0.15, 0.2) is 5.92 Å². The molecule has 2 amide bonds. The largest absolute Gasteiger partial charge is 0.345 e. The van der Waals surface area contributed by atoms with Crippen LogP contribution in [-0.2, 0) is 9.59 Å². The summed E-state index contributed by atoms with van der Waals surface area (Å²) in [5.41, 5.74) is 2.53. The smallest absolute Gasteiger partial charge is 0.265 e. The van der Waals surface area contributed by atoms with E-state index in [0.717, 1.165) is 5.56 Å². The number of aromatic amines is 1. The van der Waals surface area contributed by atoms with E-state index in [1.807, 2.05) is 30.3 Å². The first-order valence-electron chi connectivity index (χ1n) is 8.48. The van der Waals surface area contributed by atoms with E-state index >= 15 is 0 Å². The molecular formula is C20H17N5O2. The summed E-state index contributed by atoms with van der Waals surface area (Å²) in [7, 11) is 0. The maximum Gasteiger partial charge on any atom is 0.265 e. The number of hydrogen-bond acceptors (Lipinski definition) is 4. The quantitative estimate of drug-likeness (QED) is 0.702. The Balaban J connectivity index is 1.53. The Morgan fingerprint density at radius 1 is 1.15 bits per heavy atom. The van der Waals surface area contributed by atoms with Gasteiger partial charge in [-0.3, -0.25) is 9.59 Å². The lowest BCUT2D eigenvalue weighted by Crippen LogP contribution is -2.36. The Morgan fingerprint density at radius 3 is 2.70 bits per heavy atom. The zero-order valence-corrected chi connectivity index (χ0v) is 14.6. The van der Waals surface area contributed by atoms with Crippen LogP contribution < -0.4 is 10.3 Å². The van der Waals surface area contributed by atoms with Gasteiger partial charge in [-0.15, -0.1) is 0 Å². The lowest BCUT2D eigenvalue weighted by atomic mass is 10.0. The van der Waals surface area contributed by atoms with Gasteiger partial charge in [0.05, 0.1) is 11.4 Å². The summed E-state index contributed by atoms with van der Waals surface area (Å²) in [4.78, 5) is 32.7. The van der Waals surface area contributed by atoms with E-state index in [2.05, 4.69) is 20.4 Å². The summed E-state index contributed by atoms with van der Waals surface area (Å²) in [6.45, 7) is 1.68. The highest BCUT2D eigenvalue weighted by atomic mass is 16.2. The SMILES string of the molecule is CC1=NN(c2ccccc2)C(=O)C1C(=O)Nc1cccc(-c2ncc[nH]2)c1. The summed E-state index contributed by atoms with van der Waals surface area (Å²) in [5, 5.41) is 8.35. The monoisotopic (exact) mass is 359 g/mol. The Kier molecular flexibility index (Phi) is 4.25. The summed E-state index contributed by atoms with van der Waals surface area (Å²) >= 11 is 0. The number of rotatable bonds is 4. The predicted molar refractivity (Wildman–Crippen MR) is 103 cm³/mol. The minimum Gasteiger partial charge on any atom is -0.345 e. The molecule has 134 valence electrons. The van der Waals surface area contributed by atoms with Gasteiger partial charge in [0, 0.05) is 23.6 Å². The molecule has 1 aliphatic rings. The predicted octanol–water partition coefficient (Wildman–Crippen LogP) is 3.05. The molecule has 1 atom stereocenters. The van der Waals surface area contributed by atoms with E-state index < -0.39 is 11.8 Å². The number of nitrogens with zero attached hydrogens (tertiary/aromatic N) is 3. The molecule has 0 saturated heterocycles. The Hall–Kier alpha value is -3.74. The molecule has 0 aliphatic carbocycles. The number of aromatic nitrogens is 2. The molecule has 1 aliphatic heterocycles. The van der Waals surface area contributed by atoms with Gasteiger partial charge < -0.3 is 10.3 Å². The maximum atomic E-state index is 12.7. The van der Waals surface area contributed by atoms with Crippen molar-refractivity contribution < 1.29 is 9.59 Å². The van der Waals surface area contributed by atoms with Gasteiger partial charge in [0.25, 0.3) is 5.91 Å². The van der Waals surface area contributed by atoms with E-state index in [1.165, 1.54) is 5.01 Å². The van der Waals surface area contributed by atoms with Crippen LogP contribution >= 0.6 is 0 Å². The van der Waals surface area contributed by atoms with Gasteiger partial charge in [0.1, 0.15) is 5.82 Å². The number of para-hydroxylation sites is 1. The summed E-state index contributed by atoms with van der Waals surface area (Å²) in [5.74, 6) is -1.01. The maximum absolute atomic E-state index is 12.7. The number of hydrazone groups is 1. The number of nitrogens with one attached hydrogen (secondary N) is 2. The third kappa shape index (κ3) is 3.22. The normalized spacial score (nSPS) is 16.3. The summed E-state index contributed by atoms with van der Waals surface area (Å²) < 4.78 is 0. The second kappa shape index (κ2) is 6.87. The summed E-state index contributed by atoms with van der Waals surface area (Å²) in [6.07, 6.45) is 3.39. The van der Waals surface area contributed by atoms with Crippen molar-refractivity contribution in [3.05, 3.63) is 67.0 Å². The number of benzene rings is 2. The van der Waals surface area contributed by atoms with Crippen LogP contribution in [0.2, 0.25) is 0 Å². The molecule has 0 bridgehead atoms. The van der Waals surface area contributed by atoms with Crippen LogP contribution in [0.5, 0.6) is 0 Å². The average molecular weight is 359 g/mol. The van der Waals surface area contributed by atoms with E-state index in [1.54, 1.807) is 43.6 Å². The molecule has 7 nitrogen and oxygen atoms in total. The van der Waals surface area contributed by atoms with Crippen LogP contribution in [0.15, 0.2) is 72.1 Å². The second-order valence-electron chi connectivity index (χ2n) is 6.17. The molecule has 0 fully saturated rings. The van der Waals surface area contributed by atoms with Crippen molar-refractivity contribution in [3.63, 3.8) is 0 Å². The Bertz CT molecular complexity index is 1010. The molecule has 1 unspecified atom stereocenters. The van der Waals surface area contributed by atoms with Gasteiger partial charge >= 0.3 is 0 Å². The number of H-pyrrole nitrogens is 1. The van der Waals surface area contributed by atoms with Gasteiger partial charge in [-0.25, -0.2) is 4.98 Å². The van der Waals surface area contributed by atoms with Crippen molar-refractivity contribution in [3.8, 4) is 11.4 Å². The average Bonchev–Trinajstić information content (AvgIpc) is 3.31. The standard InChI is InChI=1S/C20H17N5O2/c1-13-17(20(27)25(24-13)16-8-3-2-4-9-16)19(26)23-15-7-5-6-14(12-15)18-21-10-11-22-18/h2-12,17H,1H3,(H,21,22)(H,23,26). The first kappa shape index (κ1) is 16.7. The molecule has 3 aromatic rings. The molecule has 27 heavy (non-hydrogen) atoms. The highest BCUT2D eigenvalue weighted by Crippen LogP contribution is 2.25. The lowest BCUT2D eigenvalue weighted by Gasteiger charge is -2.14. The van der Waals surface area contributed by atoms with Crippen molar-refractivity contribution in [2.24, 2.45) is 11.0 Å². The fourth-order valence-electron chi connectivity index (χ4n) is 3.00. The van der Waals surface area contributed by atoms with Crippen LogP contribution in [0.4, 0.5) is 11.4 Å². The van der Waals surface area contributed by atoms with Gasteiger partial charge in [-0.2, -0.15) is 10.1 Å². The number of carbonyl (C=O) groups is 2. The van der Waals surface area contributed by atoms with Gasteiger partial charge in [-0.1, -0.05) is 30.3 Å². The molecule has 2 heterocycles. The van der Waals surface area contributed by atoms with Gasteiger partial charge in [0.2, 0.25) is 5.91 Å². The molecule has 0 spiro atoms. The Labute approximate surface area is 155 Å². The van der Waals surface area contributed by atoms with Crippen LogP contribution in [-0.4, -0.2) is 27.5 Å². The first-order chi connectivity index (χ1) is 13.1. The topological polar surface area (TPSA) is 90.4 Å². The minimum atomic E-state index is -0.947. The van der Waals surface area contributed by atoms with Crippen molar-refractivity contribution in [2.45, 2.75) is 6.92 Å². The molecule has 0 saturated carbocycles. The molecular weight excluding hydrogens is 342 g/mol. The van der Waals surface area contributed by atoms with Crippen molar-refractivity contribution >= 4 is 28.9 Å². The zero-order chi connectivity index (χ0) is 18.8. The number of imidazole rings is 1. The molecule has 0 radical (unpaired) electrons. The van der Waals surface area contributed by atoms with Crippen LogP contribution in [0.25, 0.3) is 11.4 Å². The van der Waals surface area contributed by atoms with Crippen LogP contribution in [0.1, 0.15) is 6.92 Å². The van der Waals surface area contributed by atoms with Crippen molar-refractivity contribution in [2.75, 3.05) is 10.3 Å². The molecule has 4 rings (SSSR count). The zero-order valence-electron chi connectivity index (χ0n) is 14.6. The number of anilines is 2. The minimum absolute atomic E-state index is 0.363. The lowest BCUT2D eigenvalue weighted by molar-refractivity contribution is -0.127. The van der Waals surface area contributed by atoms with E-state index in [4.69, 9.17) is 0 Å². The molecule has 2 aromatic carbocycles. The number of carbonyl (C=O) groups excluding carboxylic acids is 2. The second-order valence-corrected chi connectivity index (χ2v) is 6.17. The first-order valence-corrected chi connectivity index (χ1v) is 8.48. The van der Waals surface area contributed by atoms with Crippen molar-refractivity contribution in [1.29, 1.82) is 0 Å². The highest BCUT2D eigenvalue weighted by Gasteiger charge is 2.39. The fourth-order valence-corrected chi connectivity index (χ4v) is 3.00. The molecule has 1 aromatic heterocycles. The van der Waals surface area contributed by atoms with Gasteiger partial charge in [-0.05, 0) is 31.2 Å². The van der Waals surface area contributed by atoms with Crippen molar-refractivity contribution in [1.82, 2.24) is 9.97 Å². The highest BCUT2D eigenvalue weighted by molar-refractivity contribution is 6.28. The number of hydrogen-bond donors (Lipinski definition) is 2. The van der Waals surface area contributed by atoms with Crippen LogP contribution in [0, 0.1) is 5.92 Å². The van der Waals surface area contributed by atoms with E-state index in [9.17, 15) is 9.59 Å². The van der Waals surface area contributed by atoms with E-state index in [-0.39, 0.29) is 5.91 Å².